The highest BCUT2D eigenvalue weighted by atomic mass is 19.4. The molecule has 2 saturated carbocycles. The number of aliphatic hydroxyl groups excluding tert-OH is 2. The van der Waals surface area contributed by atoms with Gasteiger partial charge in [-0.25, -0.2) is 4.79 Å². The molecule has 12 atom stereocenters. The molecule has 3 fully saturated rings. The standard InChI is InChI=1S/C42H57N5O7.C2HF3O2/c1-9-24(29-20(3)31(29)37(51)45-33-22-15-11-13-17-26(22)53-40(5,6)35(33)49)42(19-28(48)44-39(43)47-42)25(10-2)30-21(4)32(30)38(52)46-34-23-16-12-14-18-27(23)54-41(7,8)36(34)50;3-2(4,5)1(6)7/h11-18,20-21,24-25,29-36,49-50H,9-10,19H2,1-8H3,(H,45,51)(H,46,52)(H3,43,44,47,48);(H,6,7)/t20?,21?,24?,25?,29?,30?,31?,32?,33-,34-,35+,36+,42?;/m1./s1. The summed E-state index contributed by atoms with van der Waals surface area (Å²) in [6, 6.07) is 13.6. The number of amides is 3. The number of carboxylic acids is 1. The van der Waals surface area contributed by atoms with E-state index in [4.69, 9.17) is 24.8 Å². The predicted molar refractivity (Wildman–Crippen MR) is 216 cm³/mol. The van der Waals surface area contributed by atoms with Crippen LogP contribution in [0, 0.1) is 52.8 Å². The van der Waals surface area contributed by atoms with E-state index in [0.29, 0.717) is 24.3 Å². The Hall–Kier alpha value is -4.90. The molecule has 0 spiro atoms. The molecule has 3 heterocycles. The average Bonchev–Trinajstić information content (AvgIpc) is 4.04. The van der Waals surface area contributed by atoms with Gasteiger partial charge in [0.1, 0.15) is 34.9 Å². The van der Waals surface area contributed by atoms with Gasteiger partial charge in [-0.2, -0.15) is 13.2 Å². The second kappa shape index (κ2) is 16.4. The van der Waals surface area contributed by atoms with Crippen molar-refractivity contribution in [3.05, 3.63) is 59.7 Å². The smallest absolute Gasteiger partial charge is 0.485 e. The second-order valence-electron chi connectivity index (χ2n) is 18.4. The van der Waals surface area contributed by atoms with E-state index in [1.54, 1.807) is 0 Å². The lowest BCUT2D eigenvalue weighted by atomic mass is 9.64. The van der Waals surface area contributed by atoms with Crippen molar-refractivity contribution in [2.24, 2.45) is 47.3 Å². The van der Waals surface area contributed by atoms with E-state index >= 15 is 0 Å². The number of carbonyl (C=O) groups is 4. The summed E-state index contributed by atoms with van der Waals surface area (Å²) in [7, 11) is 0. The number of carboxylic acid groups (broad SMARTS) is 1. The first-order chi connectivity index (χ1) is 28.4. The molecule has 0 bridgehead atoms. The van der Waals surface area contributed by atoms with Crippen LogP contribution in [0.15, 0.2) is 48.5 Å². The molecule has 7 rings (SSSR count). The highest BCUT2D eigenvalue weighted by molar-refractivity contribution is 5.99. The topological polar surface area (TPSA) is 219 Å². The maximum absolute atomic E-state index is 14.2. The third-order valence-electron chi connectivity index (χ3n) is 13.9. The van der Waals surface area contributed by atoms with Gasteiger partial charge in [0.05, 0.1) is 24.0 Å². The molecule has 5 aliphatic rings. The first kappa shape index (κ1) is 45.6. The molecular formula is C44H58F3N5O9. The molecule has 2 aromatic carbocycles. The first-order valence-electron chi connectivity index (χ1n) is 20.9. The maximum Gasteiger partial charge on any atom is 0.490 e. The third kappa shape index (κ3) is 8.51. The van der Waals surface area contributed by atoms with Gasteiger partial charge in [0, 0.05) is 23.0 Å². The number of halogens is 3. The number of rotatable bonds is 10. The molecule has 14 nitrogen and oxygen atoms in total. The molecule has 8 N–H and O–H groups in total. The Labute approximate surface area is 353 Å². The number of alkyl halides is 3. The van der Waals surface area contributed by atoms with E-state index in [1.165, 1.54) is 0 Å². The highest BCUT2D eigenvalue weighted by Crippen LogP contribution is 2.62. The SMILES string of the molecule is CCC(C1C(C)C1C(=O)N[C@@H]1c2ccccc2OC(C)(C)[C@H]1O)C1(C(CC)C2C(C)C2C(=O)N[C@@H]2c3ccccc3OC(C)(C)[C@H]2O)CC(=O)NC(=N)N1.O=C(O)C(F)(F)F. The van der Waals surface area contributed by atoms with Crippen LogP contribution in [0.25, 0.3) is 0 Å². The van der Waals surface area contributed by atoms with Crippen LogP contribution >= 0.6 is 0 Å². The summed E-state index contributed by atoms with van der Waals surface area (Å²) in [6.07, 6.45) is -5.63. The summed E-state index contributed by atoms with van der Waals surface area (Å²) in [5, 5.41) is 51.1. The van der Waals surface area contributed by atoms with Crippen LogP contribution in [0.2, 0.25) is 0 Å². The predicted octanol–water partition coefficient (Wildman–Crippen LogP) is 5.00. The van der Waals surface area contributed by atoms with Gasteiger partial charge < -0.3 is 40.7 Å². The van der Waals surface area contributed by atoms with Crippen molar-refractivity contribution in [3.8, 4) is 11.5 Å². The van der Waals surface area contributed by atoms with Gasteiger partial charge in [0.2, 0.25) is 17.7 Å². The van der Waals surface area contributed by atoms with Gasteiger partial charge in [-0.1, -0.05) is 76.9 Å². The number of hydrogen-bond donors (Lipinski definition) is 8. The summed E-state index contributed by atoms with van der Waals surface area (Å²) >= 11 is 0. The van der Waals surface area contributed by atoms with Crippen molar-refractivity contribution in [2.75, 3.05) is 0 Å². The largest absolute Gasteiger partial charge is 0.490 e. The molecule has 0 aromatic heterocycles. The van der Waals surface area contributed by atoms with Crippen molar-refractivity contribution in [1.82, 2.24) is 21.3 Å². The van der Waals surface area contributed by atoms with Crippen LogP contribution in [0.4, 0.5) is 13.2 Å². The van der Waals surface area contributed by atoms with Crippen LogP contribution < -0.4 is 30.7 Å². The van der Waals surface area contributed by atoms with Gasteiger partial charge in [-0.15, -0.1) is 0 Å². The van der Waals surface area contributed by atoms with Crippen molar-refractivity contribution >= 4 is 29.7 Å². The van der Waals surface area contributed by atoms with E-state index in [0.717, 1.165) is 11.1 Å². The number of para-hydroxylation sites is 2. The second-order valence-corrected chi connectivity index (χ2v) is 18.4. The highest BCUT2D eigenvalue weighted by Gasteiger charge is 2.67. The molecule has 1 saturated heterocycles. The zero-order valence-corrected chi connectivity index (χ0v) is 35.6. The Morgan fingerprint density at radius 3 is 1.52 bits per heavy atom. The first-order valence-corrected chi connectivity index (χ1v) is 20.9. The van der Waals surface area contributed by atoms with E-state index in [-0.39, 0.29) is 77.4 Å². The Bertz CT molecular complexity index is 1910. The van der Waals surface area contributed by atoms with Gasteiger partial charge in [0.15, 0.2) is 5.96 Å². The van der Waals surface area contributed by atoms with Crippen LogP contribution in [0.5, 0.6) is 11.5 Å². The van der Waals surface area contributed by atoms with Gasteiger partial charge in [-0.05, 0) is 75.3 Å². The Kier molecular flexibility index (Phi) is 12.3. The number of carbonyl (C=O) groups excluding carboxylic acids is 3. The van der Waals surface area contributed by atoms with Crippen molar-refractivity contribution in [3.63, 3.8) is 0 Å². The summed E-state index contributed by atoms with van der Waals surface area (Å²) in [4.78, 5) is 50.8. The molecule has 2 aromatic rings. The minimum Gasteiger partial charge on any atom is -0.485 e. The molecule has 8 unspecified atom stereocenters. The molecule has 3 aliphatic heterocycles. The number of benzene rings is 2. The molecule has 334 valence electrons. The maximum atomic E-state index is 14.2. The zero-order chi connectivity index (χ0) is 45.1. The van der Waals surface area contributed by atoms with Crippen LogP contribution in [-0.2, 0) is 19.2 Å². The fourth-order valence-electron chi connectivity index (χ4n) is 10.8. The summed E-state index contributed by atoms with van der Waals surface area (Å²) in [5.74, 6) is -3.47. The molecule has 61 heavy (non-hydrogen) atoms. The fourth-order valence-corrected chi connectivity index (χ4v) is 10.8. The number of aliphatic hydroxyl groups is 2. The van der Waals surface area contributed by atoms with Crippen molar-refractivity contribution in [2.45, 2.75) is 122 Å². The van der Waals surface area contributed by atoms with E-state index in [1.807, 2.05) is 76.2 Å². The minimum atomic E-state index is -5.08. The Balaban J connectivity index is 0.000000819. The number of nitrogens with one attached hydrogen (secondary N) is 5. The quantitative estimate of drug-likeness (QED) is 0.160. The van der Waals surface area contributed by atoms with Crippen LogP contribution in [0.1, 0.15) is 97.9 Å². The minimum absolute atomic E-state index is 0.0142. The van der Waals surface area contributed by atoms with Crippen molar-refractivity contribution in [1.29, 1.82) is 5.41 Å². The number of ether oxygens (including phenoxy) is 2. The van der Waals surface area contributed by atoms with Crippen LogP contribution in [0.3, 0.4) is 0 Å². The lowest BCUT2D eigenvalue weighted by Gasteiger charge is -2.50. The normalized spacial score (nSPS) is 33.8. The number of aliphatic carboxylic acids is 1. The Morgan fingerprint density at radius 1 is 0.803 bits per heavy atom. The molecular weight excluding hydrogens is 800 g/mol. The summed E-state index contributed by atoms with van der Waals surface area (Å²) in [6.45, 7) is 15.5. The van der Waals surface area contributed by atoms with Crippen molar-refractivity contribution < 1.29 is 57.1 Å². The van der Waals surface area contributed by atoms with Crippen LogP contribution in [-0.4, -0.2) is 80.1 Å². The third-order valence-corrected chi connectivity index (χ3v) is 13.9. The average molecular weight is 858 g/mol. The fraction of sp³-hybridized carbons (Fsp3) is 0.614. The lowest BCUT2D eigenvalue weighted by molar-refractivity contribution is -0.192. The molecule has 3 amide bonds. The molecule has 2 aliphatic carbocycles. The van der Waals surface area contributed by atoms with Gasteiger partial charge in [-0.3, -0.25) is 25.1 Å². The van der Waals surface area contributed by atoms with E-state index < -0.39 is 53.2 Å². The zero-order valence-electron chi connectivity index (χ0n) is 35.6. The van der Waals surface area contributed by atoms with Gasteiger partial charge >= 0.3 is 12.1 Å². The van der Waals surface area contributed by atoms with E-state index in [9.17, 15) is 37.8 Å². The van der Waals surface area contributed by atoms with E-state index in [2.05, 4.69) is 49.0 Å². The number of fused-ring (bicyclic) bond motifs is 2. The number of hydrogen-bond acceptors (Lipinski definition) is 9. The molecule has 17 heteroatoms. The summed E-state index contributed by atoms with van der Waals surface area (Å²) in [5.41, 5.74) is -1.27. The lowest BCUT2D eigenvalue weighted by Crippen LogP contribution is -2.68. The molecule has 0 radical (unpaired) electrons. The summed E-state index contributed by atoms with van der Waals surface area (Å²) < 4.78 is 43.9. The Morgan fingerprint density at radius 2 is 1.18 bits per heavy atom. The number of guanidine groups is 1. The van der Waals surface area contributed by atoms with Gasteiger partial charge in [0.25, 0.3) is 0 Å². The monoisotopic (exact) mass is 857 g/mol.